The molecule has 0 bridgehead atoms. The summed E-state index contributed by atoms with van der Waals surface area (Å²) >= 11 is 0. The molecule has 0 radical (unpaired) electrons. The molecule has 0 unspecified atom stereocenters. The lowest BCUT2D eigenvalue weighted by Crippen LogP contribution is -2.36. The summed E-state index contributed by atoms with van der Waals surface area (Å²) in [6.45, 7) is 3.02. The summed E-state index contributed by atoms with van der Waals surface area (Å²) in [5, 5.41) is 7.41. The molecule has 1 fully saturated rings. The molecule has 2 aromatic heterocycles. The molecule has 1 aliphatic carbocycles. The smallest absolute Gasteiger partial charge is 0.266 e. The molecular formula is C22H30N4O2. The molecule has 0 atom stereocenters. The number of amides is 1. The van der Waals surface area contributed by atoms with Gasteiger partial charge in [-0.1, -0.05) is 26.2 Å². The van der Waals surface area contributed by atoms with Crippen LogP contribution < -0.4 is 10.9 Å². The maximum absolute atomic E-state index is 12.5. The van der Waals surface area contributed by atoms with Crippen molar-refractivity contribution >= 4 is 5.91 Å². The van der Waals surface area contributed by atoms with Gasteiger partial charge < -0.3 is 5.32 Å². The Hall–Kier alpha value is -2.50. The van der Waals surface area contributed by atoms with Crippen LogP contribution in [0.4, 0.5) is 0 Å². The van der Waals surface area contributed by atoms with E-state index in [4.69, 9.17) is 0 Å². The molecule has 1 saturated carbocycles. The Labute approximate surface area is 166 Å². The van der Waals surface area contributed by atoms with Gasteiger partial charge in [0.05, 0.1) is 12.2 Å². The number of unbranched alkanes of at least 4 members (excludes halogenated alkanes) is 1. The lowest BCUT2D eigenvalue weighted by molar-refractivity contribution is -0.126. The molecule has 1 amide bonds. The van der Waals surface area contributed by atoms with Gasteiger partial charge in [0.2, 0.25) is 5.91 Å². The second-order valence-corrected chi connectivity index (χ2v) is 7.67. The number of nitrogens with one attached hydrogen (secondary N) is 1. The minimum atomic E-state index is -0.163. The van der Waals surface area contributed by atoms with Crippen LogP contribution in [-0.2, 0) is 11.3 Å². The molecule has 1 aliphatic rings. The van der Waals surface area contributed by atoms with Crippen LogP contribution in [0.2, 0.25) is 0 Å². The van der Waals surface area contributed by atoms with Crippen molar-refractivity contribution in [1.29, 1.82) is 0 Å². The Morgan fingerprint density at radius 1 is 1.14 bits per heavy atom. The van der Waals surface area contributed by atoms with Crippen LogP contribution in [0.3, 0.4) is 0 Å². The van der Waals surface area contributed by atoms with E-state index < -0.39 is 0 Å². The molecule has 6 nitrogen and oxygen atoms in total. The Morgan fingerprint density at radius 2 is 1.89 bits per heavy atom. The number of carbonyl (C=O) groups excluding carboxylic acids is 1. The van der Waals surface area contributed by atoms with Crippen LogP contribution >= 0.6 is 0 Å². The average molecular weight is 383 g/mol. The van der Waals surface area contributed by atoms with E-state index in [-0.39, 0.29) is 17.4 Å². The van der Waals surface area contributed by atoms with E-state index in [1.165, 1.54) is 30.0 Å². The SMILES string of the molecule is CCCCC1CCC(C(=O)NCCn2nc(-c3ccncc3)ccc2=O)CC1. The normalized spacial score (nSPS) is 19.3. The van der Waals surface area contributed by atoms with Crippen molar-refractivity contribution in [3.63, 3.8) is 0 Å². The fraction of sp³-hybridized carbons (Fsp3) is 0.545. The molecular weight excluding hydrogens is 352 g/mol. The van der Waals surface area contributed by atoms with Crippen molar-refractivity contribution in [2.45, 2.75) is 58.4 Å². The summed E-state index contributed by atoms with van der Waals surface area (Å²) in [6, 6.07) is 6.94. The number of nitrogens with zero attached hydrogens (tertiary/aromatic N) is 3. The van der Waals surface area contributed by atoms with Crippen molar-refractivity contribution in [3.8, 4) is 11.3 Å². The van der Waals surface area contributed by atoms with Crippen LogP contribution in [0.1, 0.15) is 51.9 Å². The Morgan fingerprint density at radius 3 is 2.61 bits per heavy atom. The van der Waals surface area contributed by atoms with E-state index >= 15 is 0 Å². The minimum Gasteiger partial charge on any atom is -0.354 e. The van der Waals surface area contributed by atoms with Crippen LogP contribution in [0.25, 0.3) is 11.3 Å². The van der Waals surface area contributed by atoms with Gasteiger partial charge in [0.15, 0.2) is 0 Å². The zero-order chi connectivity index (χ0) is 19.8. The van der Waals surface area contributed by atoms with E-state index in [2.05, 4.69) is 22.3 Å². The Balaban J connectivity index is 1.49. The first-order chi connectivity index (χ1) is 13.7. The summed E-state index contributed by atoms with van der Waals surface area (Å²) in [5.74, 6) is 1.03. The van der Waals surface area contributed by atoms with Crippen molar-refractivity contribution in [2.24, 2.45) is 11.8 Å². The summed E-state index contributed by atoms with van der Waals surface area (Å²) in [6.07, 6.45) is 11.5. The van der Waals surface area contributed by atoms with Gasteiger partial charge in [-0.3, -0.25) is 14.6 Å². The highest BCUT2D eigenvalue weighted by Gasteiger charge is 2.25. The summed E-state index contributed by atoms with van der Waals surface area (Å²) in [5.41, 5.74) is 1.47. The van der Waals surface area contributed by atoms with Gasteiger partial charge in [-0.15, -0.1) is 0 Å². The van der Waals surface area contributed by atoms with Crippen molar-refractivity contribution < 1.29 is 4.79 Å². The largest absolute Gasteiger partial charge is 0.354 e. The molecule has 0 spiro atoms. The number of carbonyl (C=O) groups is 1. The van der Waals surface area contributed by atoms with Crippen molar-refractivity contribution in [1.82, 2.24) is 20.1 Å². The summed E-state index contributed by atoms with van der Waals surface area (Å²) in [4.78, 5) is 28.5. The fourth-order valence-corrected chi connectivity index (χ4v) is 3.92. The molecule has 0 aromatic carbocycles. The summed E-state index contributed by atoms with van der Waals surface area (Å²) in [7, 11) is 0. The van der Waals surface area contributed by atoms with Gasteiger partial charge >= 0.3 is 0 Å². The average Bonchev–Trinajstić information content (AvgIpc) is 2.74. The Bertz CT molecular complexity index is 811. The zero-order valence-electron chi connectivity index (χ0n) is 16.6. The topological polar surface area (TPSA) is 76.9 Å². The van der Waals surface area contributed by atoms with Gasteiger partial charge in [-0.2, -0.15) is 5.10 Å². The third kappa shape index (κ3) is 5.50. The van der Waals surface area contributed by atoms with Gasteiger partial charge in [-0.05, 0) is 49.8 Å². The molecule has 1 N–H and O–H groups in total. The zero-order valence-corrected chi connectivity index (χ0v) is 16.6. The molecule has 150 valence electrons. The highest BCUT2D eigenvalue weighted by molar-refractivity contribution is 5.78. The van der Waals surface area contributed by atoms with Crippen LogP contribution in [0, 0.1) is 11.8 Å². The highest BCUT2D eigenvalue weighted by Crippen LogP contribution is 2.31. The van der Waals surface area contributed by atoms with Crippen LogP contribution in [-0.4, -0.2) is 27.2 Å². The van der Waals surface area contributed by atoms with Gasteiger partial charge in [0.1, 0.15) is 0 Å². The van der Waals surface area contributed by atoms with E-state index in [1.54, 1.807) is 18.5 Å². The minimum absolute atomic E-state index is 0.116. The highest BCUT2D eigenvalue weighted by atomic mass is 16.2. The molecule has 6 heteroatoms. The molecule has 0 saturated heterocycles. The predicted molar refractivity (Wildman–Crippen MR) is 110 cm³/mol. The second kappa shape index (κ2) is 10.2. The molecule has 2 heterocycles. The number of hydrogen-bond acceptors (Lipinski definition) is 4. The van der Waals surface area contributed by atoms with Crippen molar-refractivity contribution in [2.75, 3.05) is 6.54 Å². The first-order valence-electron chi connectivity index (χ1n) is 10.4. The molecule has 3 rings (SSSR count). The monoisotopic (exact) mass is 382 g/mol. The van der Waals surface area contributed by atoms with Crippen molar-refractivity contribution in [3.05, 3.63) is 47.0 Å². The van der Waals surface area contributed by atoms with E-state index in [1.807, 2.05) is 12.1 Å². The Kier molecular flexibility index (Phi) is 7.34. The van der Waals surface area contributed by atoms with Crippen LogP contribution in [0.15, 0.2) is 41.5 Å². The lowest BCUT2D eigenvalue weighted by atomic mass is 9.79. The molecule has 28 heavy (non-hydrogen) atoms. The first kappa shape index (κ1) is 20.2. The first-order valence-corrected chi connectivity index (χ1v) is 10.4. The maximum Gasteiger partial charge on any atom is 0.266 e. The van der Waals surface area contributed by atoms with Gasteiger partial charge in [-0.25, -0.2) is 4.68 Å². The number of aromatic nitrogens is 3. The summed E-state index contributed by atoms with van der Waals surface area (Å²) < 4.78 is 1.41. The number of pyridine rings is 1. The van der Waals surface area contributed by atoms with Crippen LogP contribution in [0.5, 0.6) is 0 Å². The molecule has 0 aliphatic heterocycles. The maximum atomic E-state index is 12.5. The lowest BCUT2D eigenvalue weighted by Gasteiger charge is -2.27. The van der Waals surface area contributed by atoms with E-state index in [0.717, 1.165) is 42.9 Å². The van der Waals surface area contributed by atoms with E-state index in [0.29, 0.717) is 13.1 Å². The van der Waals surface area contributed by atoms with Gasteiger partial charge in [0.25, 0.3) is 5.56 Å². The number of rotatable bonds is 8. The standard InChI is InChI=1S/C22H30N4O2/c1-2-3-4-17-5-7-19(8-6-17)22(28)24-15-16-26-21(27)10-9-20(25-26)18-11-13-23-14-12-18/h9-14,17,19H,2-8,15-16H2,1H3,(H,24,28). The fourth-order valence-electron chi connectivity index (χ4n) is 3.92. The van der Waals surface area contributed by atoms with Gasteiger partial charge in [0, 0.05) is 36.5 Å². The number of hydrogen-bond donors (Lipinski definition) is 1. The third-order valence-corrected chi connectivity index (χ3v) is 5.65. The predicted octanol–water partition coefficient (Wildman–Crippen LogP) is 3.42. The molecule has 2 aromatic rings. The second-order valence-electron chi connectivity index (χ2n) is 7.67. The van der Waals surface area contributed by atoms with E-state index in [9.17, 15) is 9.59 Å². The quantitative estimate of drug-likeness (QED) is 0.759. The third-order valence-electron chi connectivity index (χ3n) is 5.65.